The molecule has 0 spiro atoms. The Bertz CT molecular complexity index is 430. The van der Waals surface area contributed by atoms with Crippen LogP contribution in [-0.4, -0.2) is 20.3 Å². The van der Waals surface area contributed by atoms with E-state index < -0.39 is 0 Å². The Labute approximate surface area is 78.9 Å². The summed E-state index contributed by atoms with van der Waals surface area (Å²) in [5, 5.41) is 11.2. The number of aromatic nitrogens is 2. The summed E-state index contributed by atoms with van der Waals surface area (Å²) in [6, 6.07) is 7.47. The topological polar surface area (TPSA) is 61.3 Å². The molecule has 0 atom stereocenters. The van der Waals surface area contributed by atoms with Crippen LogP contribution in [0.25, 0.3) is 11.0 Å². The van der Waals surface area contributed by atoms with Crippen molar-refractivity contribution in [3.63, 3.8) is 0 Å². The first-order valence-electron chi connectivity index (χ1n) is 3.64. The fourth-order valence-electron chi connectivity index (χ4n) is 1.10. The molecule has 1 aromatic heterocycles. The van der Waals surface area contributed by atoms with Gasteiger partial charge in [0.25, 0.3) is 0 Å². The number of nitrogens with one attached hydrogen (secondary N) is 1. The third-order valence-corrected chi connectivity index (χ3v) is 1.93. The highest BCUT2D eigenvalue weighted by Gasteiger charge is 2.06. The Balaban J connectivity index is 2.62. The lowest BCUT2D eigenvalue weighted by atomic mass is 10.3. The van der Waals surface area contributed by atoms with Crippen LogP contribution < -0.4 is 0 Å². The summed E-state index contributed by atoms with van der Waals surface area (Å²) >= 11 is 5.57. The fourth-order valence-corrected chi connectivity index (χ4v) is 1.19. The molecule has 13 heavy (non-hydrogen) atoms. The number of H-pyrrole nitrogens is 1. The molecule has 0 saturated carbocycles. The van der Waals surface area contributed by atoms with Crippen molar-refractivity contribution < 1.29 is 5.21 Å². The van der Waals surface area contributed by atoms with Crippen LogP contribution in [0.5, 0.6) is 0 Å². The zero-order valence-electron chi connectivity index (χ0n) is 6.53. The number of fused-ring (bicyclic) bond motifs is 1. The van der Waals surface area contributed by atoms with Gasteiger partial charge in [-0.15, -0.1) is 0 Å². The SMILES string of the molecule is ON=C(Cl)c1nc2ccccc2[nH]1. The van der Waals surface area contributed by atoms with Gasteiger partial charge < -0.3 is 10.2 Å². The lowest BCUT2D eigenvalue weighted by molar-refractivity contribution is 0.320. The highest BCUT2D eigenvalue weighted by molar-refractivity contribution is 6.69. The molecular formula is C8H6ClN3O. The van der Waals surface area contributed by atoms with E-state index in [1.165, 1.54) is 0 Å². The minimum absolute atomic E-state index is 0.0452. The second-order valence-electron chi connectivity index (χ2n) is 2.49. The van der Waals surface area contributed by atoms with Crippen LogP contribution >= 0.6 is 11.6 Å². The van der Waals surface area contributed by atoms with Gasteiger partial charge in [-0.2, -0.15) is 0 Å². The molecule has 0 aliphatic heterocycles. The van der Waals surface area contributed by atoms with Gasteiger partial charge in [-0.3, -0.25) is 0 Å². The summed E-state index contributed by atoms with van der Waals surface area (Å²) < 4.78 is 0. The average molecular weight is 196 g/mol. The Hall–Kier alpha value is -1.55. The van der Waals surface area contributed by atoms with Gasteiger partial charge in [0.05, 0.1) is 11.0 Å². The largest absolute Gasteiger partial charge is 0.410 e. The lowest BCUT2D eigenvalue weighted by Crippen LogP contribution is -1.92. The smallest absolute Gasteiger partial charge is 0.210 e. The molecule has 0 amide bonds. The zero-order valence-corrected chi connectivity index (χ0v) is 7.28. The first-order chi connectivity index (χ1) is 6.31. The van der Waals surface area contributed by atoms with E-state index in [4.69, 9.17) is 16.8 Å². The summed E-state index contributed by atoms with van der Waals surface area (Å²) in [4.78, 5) is 7.02. The van der Waals surface area contributed by atoms with E-state index in [0.717, 1.165) is 11.0 Å². The van der Waals surface area contributed by atoms with Crippen molar-refractivity contribution in [2.75, 3.05) is 0 Å². The van der Waals surface area contributed by atoms with Gasteiger partial charge in [0.15, 0.2) is 5.82 Å². The summed E-state index contributed by atoms with van der Waals surface area (Å²) in [5.41, 5.74) is 1.65. The number of hydrogen-bond acceptors (Lipinski definition) is 3. The van der Waals surface area contributed by atoms with Gasteiger partial charge in [-0.25, -0.2) is 4.98 Å². The number of oxime groups is 1. The standard InChI is InChI=1S/C8H6ClN3O/c9-7(12-13)8-10-5-3-1-2-4-6(5)11-8/h1-4,13H,(H,10,11). The Morgan fingerprint density at radius 3 is 2.92 bits per heavy atom. The summed E-state index contributed by atoms with van der Waals surface area (Å²) in [5.74, 6) is 0.366. The first kappa shape index (κ1) is 8.07. The first-order valence-corrected chi connectivity index (χ1v) is 4.02. The van der Waals surface area contributed by atoms with Crippen molar-refractivity contribution >= 4 is 27.8 Å². The quantitative estimate of drug-likeness (QED) is 0.415. The normalized spacial score (nSPS) is 12.2. The van der Waals surface area contributed by atoms with E-state index in [2.05, 4.69) is 15.1 Å². The van der Waals surface area contributed by atoms with Crippen molar-refractivity contribution in [2.45, 2.75) is 0 Å². The minimum atomic E-state index is -0.0452. The molecule has 66 valence electrons. The van der Waals surface area contributed by atoms with E-state index >= 15 is 0 Å². The molecule has 0 saturated heterocycles. The molecule has 0 unspecified atom stereocenters. The second kappa shape index (κ2) is 3.06. The van der Waals surface area contributed by atoms with Gasteiger partial charge in [0.2, 0.25) is 5.17 Å². The number of rotatable bonds is 1. The number of aromatic amines is 1. The van der Waals surface area contributed by atoms with Gasteiger partial charge >= 0.3 is 0 Å². The van der Waals surface area contributed by atoms with Crippen molar-refractivity contribution in [3.8, 4) is 0 Å². The molecule has 0 aliphatic carbocycles. The molecule has 0 aliphatic rings. The number of hydrogen-bond donors (Lipinski definition) is 2. The van der Waals surface area contributed by atoms with Crippen molar-refractivity contribution in [1.29, 1.82) is 0 Å². The van der Waals surface area contributed by atoms with E-state index in [0.29, 0.717) is 5.82 Å². The molecule has 0 fully saturated rings. The van der Waals surface area contributed by atoms with Gasteiger partial charge in [0, 0.05) is 0 Å². The van der Waals surface area contributed by atoms with Gasteiger partial charge in [-0.05, 0) is 12.1 Å². The second-order valence-corrected chi connectivity index (χ2v) is 2.85. The molecule has 0 radical (unpaired) electrons. The number of nitrogens with zero attached hydrogens (tertiary/aromatic N) is 2. The van der Waals surface area contributed by atoms with Crippen molar-refractivity contribution in [3.05, 3.63) is 30.1 Å². The van der Waals surface area contributed by atoms with E-state index in [1.807, 2.05) is 24.3 Å². The van der Waals surface area contributed by atoms with E-state index in [-0.39, 0.29) is 5.17 Å². The lowest BCUT2D eigenvalue weighted by Gasteiger charge is -1.85. The molecule has 2 rings (SSSR count). The number of benzene rings is 1. The highest BCUT2D eigenvalue weighted by Crippen LogP contribution is 2.11. The van der Waals surface area contributed by atoms with Crippen molar-refractivity contribution in [2.24, 2.45) is 5.16 Å². The van der Waals surface area contributed by atoms with E-state index in [9.17, 15) is 0 Å². The van der Waals surface area contributed by atoms with Crippen LogP contribution in [0.2, 0.25) is 0 Å². The summed E-state index contributed by atoms with van der Waals surface area (Å²) in [7, 11) is 0. The molecular weight excluding hydrogens is 190 g/mol. The van der Waals surface area contributed by atoms with Crippen LogP contribution in [0.4, 0.5) is 0 Å². The third kappa shape index (κ3) is 1.36. The van der Waals surface area contributed by atoms with Crippen LogP contribution in [-0.2, 0) is 0 Å². The predicted molar refractivity (Wildman–Crippen MR) is 50.3 cm³/mol. The number of halogens is 1. The molecule has 2 aromatic rings. The zero-order chi connectivity index (χ0) is 9.26. The number of para-hydroxylation sites is 2. The third-order valence-electron chi connectivity index (χ3n) is 1.67. The maximum absolute atomic E-state index is 8.41. The molecule has 5 heteroatoms. The monoisotopic (exact) mass is 195 g/mol. The van der Waals surface area contributed by atoms with Crippen molar-refractivity contribution in [1.82, 2.24) is 9.97 Å². The predicted octanol–water partition coefficient (Wildman–Crippen LogP) is 1.94. The van der Waals surface area contributed by atoms with Crippen LogP contribution in [0, 0.1) is 0 Å². The average Bonchev–Trinajstić information content (AvgIpc) is 2.59. The Morgan fingerprint density at radius 1 is 1.46 bits per heavy atom. The Morgan fingerprint density at radius 2 is 2.23 bits per heavy atom. The maximum atomic E-state index is 8.41. The molecule has 4 nitrogen and oxygen atoms in total. The fraction of sp³-hybridized carbons (Fsp3) is 0. The van der Waals surface area contributed by atoms with Crippen LogP contribution in [0.15, 0.2) is 29.4 Å². The molecule has 0 bridgehead atoms. The van der Waals surface area contributed by atoms with Gasteiger partial charge in [-0.1, -0.05) is 28.9 Å². The molecule has 2 N–H and O–H groups in total. The Kier molecular flexibility index (Phi) is 1.90. The number of imidazole rings is 1. The maximum Gasteiger partial charge on any atom is 0.210 e. The minimum Gasteiger partial charge on any atom is -0.410 e. The molecule has 1 heterocycles. The summed E-state index contributed by atoms with van der Waals surface area (Å²) in [6.45, 7) is 0. The van der Waals surface area contributed by atoms with Crippen LogP contribution in [0.3, 0.4) is 0 Å². The molecule has 1 aromatic carbocycles. The van der Waals surface area contributed by atoms with E-state index in [1.54, 1.807) is 0 Å². The van der Waals surface area contributed by atoms with Crippen LogP contribution in [0.1, 0.15) is 5.82 Å². The summed E-state index contributed by atoms with van der Waals surface area (Å²) in [6.07, 6.45) is 0. The van der Waals surface area contributed by atoms with Gasteiger partial charge in [0.1, 0.15) is 0 Å². The highest BCUT2D eigenvalue weighted by atomic mass is 35.5.